The summed E-state index contributed by atoms with van der Waals surface area (Å²) in [5.74, 6) is -0.249. The first-order valence-corrected chi connectivity index (χ1v) is 11.3. The average Bonchev–Trinajstić information content (AvgIpc) is 3.45. The average molecular weight is 480 g/mol. The van der Waals surface area contributed by atoms with Crippen LogP contribution in [0.5, 0.6) is 0 Å². The van der Waals surface area contributed by atoms with Crippen LogP contribution in [0.3, 0.4) is 0 Å². The molecular weight excluding hydrogens is 457 g/mol. The van der Waals surface area contributed by atoms with Crippen molar-refractivity contribution in [3.05, 3.63) is 89.0 Å². The van der Waals surface area contributed by atoms with E-state index in [1.54, 1.807) is 12.1 Å². The highest BCUT2D eigenvalue weighted by atomic mass is 79.9. The molecule has 0 aliphatic carbocycles. The van der Waals surface area contributed by atoms with Gasteiger partial charge in [0.2, 0.25) is 0 Å². The molecule has 4 aromatic rings. The lowest BCUT2D eigenvalue weighted by molar-refractivity contribution is 0.173. The van der Waals surface area contributed by atoms with Crippen LogP contribution in [-0.2, 0) is 6.54 Å². The number of hydrogen-bond donors (Lipinski definition) is 0. The topological polar surface area (TPSA) is 38.9 Å². The Kier molecular flexibility index (Phi) is 5.70. The fraction of sp³-hybridized carbons (Fsp3) is 0.250. The molecule has 3 heterocycles. The van der Waals surface area contributed by atoms with Crippen LogP contribution in [-0.4, -0.2) is 37.6 Å². The lowest BCUT2D eigenvalue weighted by Gasteiger charge is -2.32. The van der Waals surface area contributed by atoms with Crippen molar-refractivity contribution >= 4 is 15.9 Å². The summed E-state index contributed by atoms with van der Waals surface area (Å²) in [6.07, 6.45) is 8.01. The van der Waals surface area contributed by atoms with Gasteiger partial charge in [0.05, 0.1) is 11.7 Å². The molecule has 0 unspecified atom stereocenters. The zero-order chi connectivity index (χ0) is 21.2. The van der Waals surface area contributed by atoms with Crippen LogP contribution in [0.2, 0.25) is 0 Å². The zero-order valence-electron chi connectivity index (χ0n) is 17.0. The minimum atomic E-state index is -0.249. The fourth-order valence-corrected chi connectivity index (χ4v) is 4.62. The Hall–Kier alpha value is -2.77. The molecule has 0 atom stereocenters. The molecule has 0 saturated carbocycles. The number of piperidine rings is 1. The second-order valence-corrected chi connectivity index (χ2v) is 8.82. The number of hydrogen-bond acceptors (Lipinski definition) is 3. The van der Waals surface area contributed by atoms with Crippen LogP contribution in [0, 0.1) is 5.82 Å². The van der Waals surface area contributed by atoms with Crippen LogP contribution in [0.15, 0.2) is 77.7 Å². The van der Waals surface area contributed by atoms with Gasteiger partial charge in [-0.15, -0.1) is 0 Å². The molecule has 1 fully saturated rings. The first kappa shape index (κ1) is 20.2. The number of nitrogens with zero attached hydrogens (tertiary/aromatic N) is 5. The summed E-state index contributed by atoms with van der Waals surface area (Å²) in [5, 5.41) is 9.18. The number of rotatable bonds is 5. The predicted molar refractivity (Wildman–Crippen MR) is 122 cm³/mol. The minimum Gasteiger partial charge on any atom is -0.299 e. The van der Waals surface area contributed by atoms with Gasteiger partial charge in [0.15, 0.2) is 0 Å². The first-order valence-electron chi connectivity index (χ1n) is 10.5. The van der Waals surface area contributed by atoms with Crippen molar-refractivity contribution in [3.63, 3.8) is 0 Å². The zero-order valence-corrected chi connectivity index (χ0v) is 18.6. The van der Waals surface area contributed by atoms with E-state index in [1.165, 1.54) is 6.07 Å². The second-order valence-electron chi connectivity index (χ2n) is 7.90. The Labute approximate surface area is 189 Å². The maximum absolute atomic E-state index is 14.6. The van der Waals surface area contributed by atoms with Gasteiger partial charge < -0.3 is 0 Å². The summed E-state index contributed by atoms with van der Waals surface area (Å²) in [6, 6.07) is 17.3. The van der Waals surface area contributed by atoms with Gasteiger partial charge >= 0.3 is 0 Å². The van der Waals surface area contributed by atoms with Gasteiger partial charge in [-0.25, -0.2) is 9.07 Å². The summed E-state index contributed by atoms with van der Waals surface area (Å²) < 4.78 is 19.5. The summed E-state index contributed by atoms with van der Waals surface area (Å²) in [4.78, 5) is 2.42. The maximum atomic E-state index is 14.6. The number of likely N-dealkylation sites (tertiary alicyclic amines) is 1. The van der Waals surface area contributed by atoms with Gasteiger partial charge in [-0.2, -0.15) is 10.2 Å². The van der Waals surface area contributed by atoms with Gasteiger partial charge in [0, 0.05) is 53.8 Å². The molecule has 5 rings (SSSR count). The van der Waals surface area contributed by atoms with Crippen molar-refractivity contribution in [2.75, 3.05) is 13.1 Å². The molecule has 0 amide bonds. The third-order valence-electron chi connectivity index (χ3n) is 5.84. The highest BCUT2D eigenvalue weighted by Crippen LogP contribution is 2.29. The number of halogens is 2. The van der Waals surface area contributed by atoms with Crippen molar-refractivity contribution in [3.8, 4) is 16.9 Å². The summed E-state index contributed by atoms with van der Waals surface area (Å²) >= 11 is 3.53. The molecule has 5 nitrogen and oxygen atoms in total. The van der Waals surface area contributed by atoms with E-state index in [9.17, 15) is 4.39 Å². The van der Waals surface area contributed by atoms with Crippen LogP contribution in [0.4, 0.5) is 4.39 Å². The van der Waals surface area contributed by atoms with Crippen molar-refractivity contribution < 1.29 is 4.39 Å². The van der Waals surface area contributed by atoms with E-state index >= 15 is 0 Å². The van der Waals surface area contributed by atoms with Gasteiger partial charge in [-0.1, -0.05) is 34.1 Å². The van der Waals surface area contributed by atoms with Gasteiger partial charge in [0.25, 0.3) is 0 Å². The van der Waals surface area contributed by atoms with Crippen LogP contribution in [0.25, 0.3) is 16.9 Å². The van der Waals surface area contributed by atoms with Crippen molar-refractivity contribution in [1.29, 1.82) is 0 Å². The molecule has 0 spiro atoms. The molecule has 1 aliphatic heterocycles. The Bertz CT molecular complexity index is 1160. The Morgan fingerprint density at radius 1 is 1.03 bits per heavy atom. The Balaban J connectivity index is 1.42. The summed E-state index contributed by atoms with van der Waals surface area (Å²) in [6.45, 7) is 2.69. The van der Waals surface area contributed by atoms with Gasteiger partial charge in [-0.3, -0.25) is 9.58 Å². The largest absolute Gasteiger partial charge is 0.299 e. The fourth-order valence-electron chi connectivity index (χ4n) is 4.24. The Morgan fingerprint density at radius 3 is 2.61 bits per heavy atom. The highest BCUT2D eigenvalue weighted by Gasteiger charge is 2.23. The molecule has 158 valence electrons. The molecule has 2 aromatic heterocycles. The SMILES string of the molecule is Fc1ccccc1-c1nn(-c2cccc(Br)c2)cc1CN1CCC(n2cccn2)CC1. The molecule has 0 bridgehead atoms. The monoisotopic (exact) mass is 479 g/mol. The molecule has 0 radical (unpaired) electrons. The van der Waals surface area contributed by atoms with E-state index in [0.29, 0.717) is 17.3 Å². The van der Waals surface area contributed by atoms with E-state index in [1.807, 2.05) is 59.7 Å². The maximum Gasteiger partial charge on any atom is 0.132 e. The van der Waals surface area contributed by atoms with Crippen LogP contribution in [0.1, 0.15) is 24.4 Å². The standard InChI is InChI=1S/C24H23BrFN5/c25-19-5-3-6-21(15-19)31-17-18(24(28-31)22-7-1-2-8-23(22)26)16-29-13-9-20(10-14-29)30-12-4-11-27-30/h1-8,11-12,15,17,20H,9-10,13-14,16H2. The van der Waals surface area contributed by atoms with Crippen molar-refractivity contribution in [2.24, 2.45) is 0 Å². The van der Waals surface area contributed by atoms with Crippen molar-refractivity contribution in [1.82, 2.24) is 24.5 Å². The van der Waals surface area contributed by atoms with E-state index in [2.05, 4.69) is 30.6 Å². The quantitative estimate of drug-likeness (QED) is 0.380. The third-order valence-corrected chi connectivity index (χ3v) is 6.34. The molecule has 1 aliphatic rings. The molecule has 0 N–H and O–H groups in total. The molecule has 7 heteroatoms. The van der Waals surface area contributed by atoms with Crippen molar-refractivity contribution in [2.45, 2.75) is 25.4 Å². The van der Waals surface area contributed by atoms with E-state index in [0.717, 1.165) is 48.2 Å². The normalized spacial score (nSPS) is 15.4. The van der Waals surface area contributed by atoms with E-state index < -0.39 is 0 Å². The van der Waals surface area contributed by atoms with Crippen LogP contribution >= 0.6 is 15.9 Å². The molecular formula is C24H23BrFN5. The Morgan fingerprint density at radius 2 is 1.87 bits per heavy atom. The number of benzene rings is 2. The summed E-state index contributed by atoms with van der Waals surface area (Å²) in [5.41, 5.74) is 3.21. The minimum absolute atomic E-state index is 0.249. The van der Waals surface area contributed by atoms with Gasteiger partial charge in [0.1, 0.15) is 11.5 Å². The first-order chi connectivity index (χ1) is 15.2. The predicted octanol–water partition coefficient (Wildman–Crippen LogP) is 5.47. The number of aromatic nitrogens is 4. The third kappa shape index (κ3) is 4.34. The van der Waals surface area contributed by atoms with E-state index in [4.69, 9.17) is 5.10 Å². The highest BCUT2D eigenvalue weighted by molar-refractivity contribution is 9.10. The lowest BCUT2D eigenvalue weighted by atomic mass is 10.0. The smallest absolute Gasteiger partial charge is 0.132 e. The molecule has 1 saturated heterocycles. The summed E-state index contributed by atoms with van der Waals surface area (Å²) in [7, 11) is 0. The molecule has 31 heavy (non-hydrogen) atoms. The van der Waals surface area contributed by atoms with E-state index in [-0.39, 0.29) is 5.82 Å². The molecule has 2 aromatic carbocycles. The van der Waals surface area contributed by atoms with Crippen LogP contribution < -0.4 is 0 Å². The second kappa shape index (κ2) is 8.77. The van der Waals surface area contributed by atoms with Gasteiger partial charge in [-0.05, 0) is 49.2 Å². The lowest BCUT2D eigenvalue weighted by Crippen LogP contribution is -2.34.